The number of amides is 1. The molecule has 1 aliphatic carbocycles. The van der Waals surface area contributed by atoms with Gasteiger partial charge in [0.05, 0.1) is 12.2 Å². The lowest BCUT2D eigenvalue weighted by Crippen LogP contribution is -2.26. The van der Waals surface area contributed by atoms with Crippen LogP contribution in [0.1, 0.15) is 65.3 Å². The predicted molar refractivity (Wildman–Crippen MR) is 110 cm³/mol. The molecule has 0 aliphatic heterocycles. The molecule has 4 nitrogen and oxygen atoms in total. The molecular weight excluding hydrogens is 396 g/mol. The number of rotatable bonds is 4. The smallest absolute Gasteiger partial charge is 0.341 e. The summed E-state index contributed by atoms with van der Waals surface area (Å²) in [7, 11) is 0. The molecule has 0 fully saturated rings. The standard InChI is InChI=1S/C22H25F2NO3S/c1-5-28-21(27)18-14-8-7-13(22(2,3)4)11-17(14)29-20(18)25-19(26)12-6-9-15(23)16(24)10-12/h6,9-10,13H,5,7-8,11H2,1-4H3,(H,25,26). The number of fused-ring (bicyclic) bond motifs is 1. The number of ether oxygens (including phenoxy) is 1. The Morgan fingerprint density at radius 3 is 2.59 bits per heavy atom. The molecule has 29 heavy (non-hydrogen) atoms. The minimum atomic E-state index is -1.10. The van der Waals surface area contributed by atoms with Crippen LogP contribution in [0.2, 0.25) is 0 Å². The summed E-state index contributed by atoms with van der Waals surface area (Å²) in [5.41, 5.74) is 1.43. The normalized spacial score (nSPS) is 16.3. The molecule has 0 spiro atoms. The van der Waals surface area contributed by atoms with E-state index in [9.17, 15) is 18.4 Å². The summed E-state index contributed by atoms with van der Waals surface area (Å²) >= 11 is 1.37. The fraction of sp³-hybridized carbons (Fsp3) is 0.455. The van der Waals surface area contributed by atoms with Gasteiger partial charge in [0, 0.05) is 10.4 Å². The summed E-state index contributed by atoms with van der Waals surface area (Å²) in [4.78, 5) is 26.3. The first-order valence-electron chi connectivity index (χ1n) is 9.69. The van der Waals surface area contributed by atoms with Gasteiger partial charge in [-0.1, -0.05) is 20.8 Å². The van der Waals surface area contributed by atoms with E-state index in [1.165, 1.54) is 17.4 Å². The van der Waals surface area contributed by atoms with Crippen LogP contribution in [0.15, 0.2) is 18.2 Å². The van der Waals surface area contributed by atoms with Gasteiger partial charge in [0.1, 0.15) is 5.00 Å². The molecule has 1 aromatic carbocycles. The minimum Gasteiger partial charge on any atom is -0.462 e. The predicted octanol–water partition coefficient (Wildman–Crippen LogP) is 5.61. The van der Waals surface area contributed by atoms with Gasteiger partial charge in [0.25, 0.3) is 5.91 Å². The molecule has 1 amide bonds. The highest BCUT2D eigenvalue weighted by Gasteiger charge is 2.34. The third kappa shape index (κ3) is 4.50. The van der Waals surface area contributed by atoms with Gasteiger partial charge in [-0.2, -0.15) is 0 Å². The molecule has 7 heteroatoms. The van der Waals surface area contributed by atoms with Gasteiger partial charge in [-0.05, 0) is 61.3 Å². The quantitative estimate of drug-likeness (QED) is 0.653. The van der Waals surface area contributed by atoms with Crippen LogP contribution in [0.3, 0.4) is 0 Å². The van der Waals surface area contributed by atoms with Crippen molar-refractivity contribution in [2.75, 3.05) is 11.9 Å². The van der Waals surface area contributed by atoms with Crippen molar-refractivity contribution < 1.29 is 23.1 Å². The van der Waals surface area contributed by atoms with Crippen LogP contribution in [-0.4, -0.2) is 18.5 Å². The Morgan fingerprint density at radius 2 is 1.97 bits per heavy atom. The Labute approximate surface area is 173 Å². The Bertz CT molecular complexity index is 946. The van der Waals surface area contributed by atoms with E-state index in [1.54, 1.807) is 6.92 Å². The van der Waals surface area contributed by atoms with Crippen LogP contribution in [0, 0.1) is 23.0 Å². The highest BCUT2D eigenvalue weighted by atomic mass is 32.1. The molecule has 0 bridgehead atoms. The molecule has 1 unspecified atom stereocenters. The van der Waals surface area contributed by atoms with Crippen LogP contribution in [0.5, 0.6) is 0 Å². The maximum Gasteiger partial charge on any atom is 0.341 e. The van der Waals surface area contributed by atoms with E-state index in [0.717, 1.165) is 41.8 Å². The van der Waals surface area contributed by atoms with E-state index in [2.05, 4.69) is 26.1 Å². The van der Waals surface area contributed by atoms with Crippen molar-refractivity contribution in [2.45, 2.75) is 47.0 Å². The first-order valence-corrected chi connectivity index (χ1v) is 10.5. The molecule has 1 aliphatic rings. The van der Waals surface area contributed by atoms with E-state index < -0.39 is 23.5 Å². The number of thiophene rings is 1. The summed E-state index contributed by atoms with van der Waals surface area (Å²) in [6.45, 7) is 8.56. The number of carbonyl (C=O) groups is 2. The van der Waals surface area contributed by atoms with Gasteiger partial charge >= 0.3 is 5.97 Å². The number of benzene rings is 1. The molecule has 1 heterocycles. The molecule has 3 rings (SSSR count). The van der Waals surface area contributed by atoms with Crippen molar-refractivity contribution >= 4 is 28.2 Å². The molecule has 156 valence electrons. The van der Waals surface area contributed by atoms with Gasteiger partial charge < -0.3 is 10.1 Å². The largest absolute Gasteiger partial charge is 0.462 e. The fourth-order valence-electron chi connectivity index (χ4n) is 3.65. The van der Waals surface area contributed by atoms with E-state index >= 15 is 0 Å². The van der Waals surface area contributed by atoms with Crippen LogP contribution >= 0.6 is 11.3 Å². The Balaban J connectivity index is 1.95. The highest BCUT2D eigenvalue weighted by molar-refractivity contribution is 7.17. The lowest BCUT2D eigenvalue weighted by atomic mass is 9.72. The van der Waals surface area contributed by atoms with E-state index in [0.29, 0.717) is 16.5 Å². The Kier molecular flexibility index (Phi) is 6.08. The summed E-state index contributed by atoms with van der Waals surface area (Å²) in [5.74, 6) is -2.71. The van der Waals surface area contributed by atoms with E-state index in [4.69, 9.17) is 4.74 Å². The Hall–Kier alpha value is -2.28. The highest BCUT2D eigenvalue weighted by Crippen LogP contribution is 2.44. The van der Waals surface area contributed by atoms with E-state index in [1.807, 2.05) is 0 Å². The fourth-order valence-corrected chi connectivity index (χ4v) is 4.96. The second-order valence-electron chi connectivity index (χ2n) is 8.32. The molecule has 0 radical (unpaired) electrons. The SMILES string of the molecule is CCOC(=O)c1c(NC(=O)c2ccc(F)c(F)c2)sc2c1CCC(C(C)(C)C)C2. The van der Waals surface area contributed by atoms with Crippen molar-refractivity contribution in [3.05, 3.63) is 51.4 Å². The van der Waals surface area contributed by atoms with Crippen LogP contribution < -0.4 is 5.32 Å². The topological polar surface area (TPSA) is 55.4 Å². The third-order valence-electron chi connectivity index (χ3n) is 5.38. The number of nitrogens with one attached hydrogen (secondary N) is 1. The van der Waals surface area contributed by atoms with Crippen LogP contribution in [0.25, 0.3) is 0 Å². The van der Waals surface area contributed by atoms with Crippen LogP contribution in [0.4, 0.5) is 13.8 Å². The zero-order valence-corrected chi connectivity index (χ0v) is 17.8. The number of hydrogen-bond acceptors (Lipinski definition) is 4. The first-order chi connectivity index (χ1) is 13.6. The average Bonchev–Trinajstić information content (AvgIpc) is 3.00. The lowest BCUT2D eigenvalue weighted by Gasteiger charge is -2.33. The molecule has 1 atom stereocenters. The van der Waals surface area contributed by atoms with Crippen molar-refractivity contribution in [1.29, 1.82) is 0 Å². The first kappa shape index (κ1) is 21.4. The zero-order chi connectivity index (χ0) is 21.3. The molecule has 1 aromatic heterocycles. The Morgan fingerprint density at radius 1 is 1.24 bits per heavy atom. The van der Waals surface area contributed by atoms with Crippen LogP contribution in [-0.2, 0) is 17.6 Å². The number of carbonyl (C=O) groups excluding carboxylic acids is 2. The second kappa shape index (κ2) is 8.22. The number of hydrogen-bond donors (Lipinski definition) is 1. The van der Waals surface area contributed by atoms with Crippen molar-refractivity contribution in [3.63, 3.8) is 0 Å². The number of anilines is 1. The number of halogens is 2. The summed E-state index contributed by atoms with van der Waals surface area (Å²) in [5, 5.41) is 3.11. The molecule has 0 saturated heterocycles. The van der Waals surface area contributed by atoms with Gasteiger partial charge in [0.2, 0.25) is 0 Å². The monoisotopic (exact) mass is 421 g/mol. The third-order valence-corrected chi connectivity index (χ3v) is 6.55. The zero-order valence-electron chi connectivity index (χ0n) is 17.0. The van der Waals surface area contributed by atoms with Crippen molar-refractivity contribution in [2.24, 2.45) is 11.3 Å². The van der Waals surface area contributed by atoms with Gasteiger partial charge in [-0.15, -0.1) is 11.3 Å². The maximum atomic E-state index is 13.5. The van der Waals surface area contributed by atoms with Crippen molar-refractivity contribution in [1.82, 2.24) is 0 Å². The molecule has 2 aromatic rings. The number of esters is 1. The van der Waals surface area contributed by atoms with Gasteiger partial charge in [0.15, 0.2) is 11.6 Å². The van der Waals surface area contributed by atoms with Gasteiger partial charge in [-0.3, -0.25) is 4.79 Å². The summed E-state index contributed by atoms with van der Waals surface area (Å²) in [6.07, 6.45) is 2.52. The molecular formula is C22H25F2NO3S. The summed E-state index contributed by atoms with van der Waals surface area (Å²) in [6, 6.07) is 2.96. The minimum absolute atomic E-state index is 0.0161. The molecule has 1 N–H and O–H groups in total. The second-order valence-corrected chi connectivity index (χ2v) is 9.42. The maximum absolute atomic E-state index is 13.5. The average molecular weight is 422 g/mol. The van der Waals surface area contributed by atoms with Crippen molar-refractivity contribution in [3.8, 4) is 0 Å². The lowest BCUT2D eigenvalue weighted by molar-refractivity contribution is 0.0526. The van der Waals surface area contributed by atoms with E-state index in [-0.39, 0.29) is 17.6 Å². The summed E-state index contributed by atoms with van der Waals surface area (Å²) < 4.78 is 31.9. The molecule has 0 saturated carbocycles. The van der Waals surface area contributed by atoms with Gasteiger partial charge in [-0.25, -0.2) is 13.6 Å².